The van der Waals surface area contributed by atoms with E-state index in [0.717, 1.165) is 49.4 Å². The van der Waals surface area contributed by atoms with Crippen molar-refractivity contribution in [3.05, 3.63) is 34.5 Å². The molecule has 1 aromatic carbocycles. The molecule has 5 heteroatoms. The largest absolute Gasteiger partial charge is 0.489 e. The molecule has 3 fully saturated rings. The van der Waals surface area contributed by atoms with Gasteiger partial charge in [-0.05, 0) is 92.2 Å². The Morgan fingerprint density at radius 2 is 1.93 bits per heavy atom. The second-order valence-electron chi connectivity index (χ2n) is 9.34. The van der Waals surface area contributed by atoms with E-state index in [-0.39, 0.29) is 6.10 Å². The van der Waals surface area contributed by atoms with E-state index in [4.69, 9.17) is 22.1 Å². The van der Waals surface area contributed by atoms with Gasteiger partial charge in [0.05, 0.1) is 11.1 Å². The third kappa shape index (κ3) is 4.80. The highest BCUT2D eigenvalue weighted by atomic mass is 35.5. The van der Waals surface area contributed by atoms with Gasteiger partial charge >= 0.3 is 0 Å². The van der Waals surface area contributed by atoms with Crippen molar-refractivity contribution < 1.29 is 9.53 Å². The highest BCUT2D eigenvalue weighted by molar-refractivity contribution is 6.32. The fourth-order valence-corrected chi connectivity index (χ4v) is 5.30. The monoisotopic (exact) mass is 416 g/mol. The highest BCUT2D eigenvalue weighted by Gasteiger charge is 2.48. The maximum Gasteiger partial charge on any atom is 0.150 e. The normalized spacial score (nSPS) is 28.3. The topological polar surface area (TPSA) is 64.3 Å². The Kier molecular flexibility index (Phi) is 6.21. The van der Waals surface area contributed by atoms with Gasteiger partial charge in [0.25, 0.3) is 0 Å². The molecule has 29 heavy (non-hydrogen) atoms. The molecule has 1 atom stereocenters. The van der Waals surface area contributed by atoms with Gasteiger partial charge in [-0.2, -0.15) is 0 Å². The Balaban J connectivity index is 1.44. The first-order chi connectivity index (χ1) is 14.0. The van der Waals surface area contributed by atoms with Gasteiger partial charge in [0, 0.05) is 18.7 Å². The summed E-state index contributed by atoms with van der Waals surface area (Å²) in [5.41, 5.74) is 8.47. The van der Waals surface area contributed by atoms with Crippen molar-refractivity contribution >= 4 is 24.0 Å². The van der Waals surface area contributed by atoms with Gasteiger partial charge in [0.15, 0.2) is 6.29 Å². The Morgan fingerprint density at radius 3 is 2.52 bits per heavy atom. The van der Waals surface area contributed by atoms with E-state index in [1.54, 1.807) is 12.3 Å². The number of nitrogens with two attached hydrogens (primary N) is 1. The maximum absolute atomic E-state index is 11.4. The Labute approximate surface area is 179 Å². The van der Waals surface area contributed by atoms with Crippen LogP contribution in [0.15, 0.2) is 18.3 Å². The van der Waals surface area contributed by atoms with Gasteiger partial charge in [0.2, 0.25) is 0 Å². The van der Waals surface area contributed by atoms with E-state index in [1.165, 1.54) is 32.1 Å². The molecule has 3 N–H and O–H groups in total. The molecule has 0 saturated heterocycles. The maximum atomic E-state index is 11.4. The van der Waals surface area contributed by atoms with Gasteiger partial charge in [-0.15, -0.1) is 0 Å². The van der Waals surface area contributed by atoms with E-state index in [0.29, 0.717) is 27.8 Å². The summed E-state index contributed by atoms with van der Waals surface area (Å²) in [6, 6.07) is 3.93. The van der Waals surface area contributed by atoms with E-state index in [1.807, 2.05) is 19.2 Å². The van der Waals surface area contributed by atoms with E-state index in [9.17, 15) is 4.79 Å². The van der Waals surface area contributed by atoms with Crippen molar-refractivity contribution in [3.8, 4) is 5.75 Å². The SMILES string of the molecule is CN/C=C\c1cc(OC2CCC(CC3CC3)(C(N)C3CC3)CC2)c(Cl)cc1C=O. The lowest BCUT2D eigenvalue weighted by Gasteiger charge is -2.45. The molecule has 3 saturated carbocycles. The fourth-order valence-electron chi connectivity index (χ4n) is 5.08. The van der Waals surface area contributed by atoms with Crippen LogP contribution in [0.4, 0.5) is 0 Å². The molecule has 3 aliphatic rings. The fraction of sp³-hybridized carbons (Fsp3) is 0.625. The van der Waals surface area contributed by atoms with Crippen LogP contribution in [0.25, 0.3) is 6.08 Å². The number of ether oxygens (including phenoxy) is 1. The third-order valence-electron chi connectivity index (χ3n) is 7.15. The summed E-state index contributed by atoms with van der Waals surface area (Å²) < 4.78 is 6.33. The van der Waals surface area contributed by atoms with Gasteiger partial charge < -0.3 is 15.8 Å². The van der Waals surface area contributed by atoms with Crippen LogP contribution in [0.3, 0.4) is 0 Å². The summed E-state index contributed by atoms with van der Waals surface area (Å²) in [4.78, 5) is 11.4. The summed E-state index contributed by atoms with van der Waals surface area (Å²) in [5, 5.41) is 3.45. The highest BCUT2D eigenvalue weighted by Crippen LogP contribution is 2.54. The number of hydrogen-bond acceptors (Lipinski definition) is 4. The molecule has 158 valence electrons. The second-order valence-corrected chi connectivity index (χ2v) is 9.75. The Bertz CT molecular complexity index is 762. The van der Waals surface area contributed by atoms with Gasteiger partial charge in [-0.1, -0.05) is 24.4 Å². The van der Waals surface area contributed by atoms with E-state index >= 15 is 0 Å². The summed E-state index contributed by atoms with van der Waals surface area (Å²) >= 11 is 6.42. The minimum Gasteiger partial charge on any atom is -0.489 e. The summed E-state index contributed by atoms with van der Waals surface area (Å²) in [7, 11) is 1.83. The third-order valence-corrected chi connectivity index (χ3v) is 7.44. The predicted octanol–water partition coefficient (Wildman–Crippen LogP) is 5.19. The van der Waals surface area contributed by atoms with Crippen molar-refractivity contribution in [1.82, 2.24) is 5.32 Å². The smallest absolute Gasteiger partial charge is 0.150 e. The molecule has 3 aliphatic carbocycles. The number of nitrogens with one attached hydrogen (secondary N) is 1. The van der Waals surface area contributed by atoms with Gasteiger partial charge in [-0.3, -0.25) is 4.79 Å². The van der Waals surface area contributed by atoms with Crippen molar-refractivity contribution in [2.45, 2.75) is 69.9 Å². The molecule has 0 heterocycles. The molecular formula is C24H33ClN2O2. The van der Waals surface area contributed by atoms with Crippen LogP contribution in [-0.4, -0.2) is 25.5 Å². The molecule has 0 aromatic heterocycles. The molecule has 0 bridgehead atoms. The van der Waals surface area contributed by atoms with Crippen LogP contribution in [0.5, 0.6) is 5.75 Å². The summed E-state index contributed by atoms with van der Waals surface area (Å²) in [6.07, 6.45) is 15.7. The average molecular weight is 417 g/mol. The van der Waals surface area contributed by atoms with Crippen molar-refractivity contribution in [2.24, 2.45) is 23.0 Å². The zero-order valence-electron chi connectivity index (χ0n) is 17.3. The van der Waals surface area contributed by atoms with Crippen molar-refractivity contribution in [3.63, 3.8) is 0 Å². The molecular weight excluding hydrogens is 384 g/mol. The molecule has 4 rings (SSSR count). The minimum absolute atomic E-state index is 0.162. The molecule has 1 unspecified atom stereocenters. The Hall–Kier alpha value is -1.52. The second kappa shape index (κ2) is 8.69. The lowest BCUT2D eigenvalue weighted by molar-refractivity contribution is 0.0447. The predicted molar refractivity (Wildman–Crippen MR) is 118 cm³/mol. The van der Waals surface area contributed by atoms with Crippen LogP contribution in [0.1, 0.15) is 73.7 Å². The quantitative estimate of drug-likeness (QED) is 0.544. The number of carbonyl (C=O) groups excluding carboxylic acids is 1. The summed E-state index contributed by atoms with van der Waals surface area (Å²) in [5.74, 6) is 2.32. The van der Waals surface area contributed by atoms with Crippen LogP contribution in [-0.2, 0) is 0 Å². The number of carbonyl (C=O) groups is 1. The number of halogens is 1. The molecule has 0 spiro atoms. The van der Waals surface area contributed by atoms with Crippen molar-refractivity contribution in [1.29, 1.82) is 0 Å². The molecule has 0 aliphatic heterocycles. The van der Waals surface area contributed by atoms with Crippen molar-refractivity contribution in [2.75, 3.05) is 7.05 Å². The number of hydrogen-bond donors (Lipinski definition) is 2. The van der Waals surface area contributed by atoms with E-state index < -0.39 is 0 Å². The van der Waals surface area contributed by atoms with Crippen LogP contribution < -0.4 is 15.8 Å². The number of aldehydes is 1. The van der Waals surface area contributed by atoms with Crippen LogP contribution in [0, 0.1) is 17.3 Å². The first-order valence-corrected chi connectivity index (χ1v) is 11.5. The molecule has 0 amide bonds. The molecule has 4 nitrogen and oxygen atoms in total. The Morgan fingerprint density at radius 1 is 1.21 bits per heavy atom. The zero-order valence-corrected chi connectivity index (χ0v) is 18.1. The van der Waals surface area contributed by atoms with Crippen LogP contribution >= 0.6 is 11.6 Å². The van der Waals surface area contributed by atoms with Gasteiger partial charge in [0.1, 0.15) is 5.75 Å². The molecule has 0 radical (unpaired) electrons. The van der Waals surface area contributed by atoms with Gasteiger partial charge in [-0.25, -0.2) is 0 Å². The average Bonchev–Trinajstić information content (AvgIpc) is 3.63. The minimum atomic E-state index is 0.162. The molecule has 1 aromatic rings. The van der Waals surface area contributed by atoms with Crippen LogP contribution in [0.2, 0.25) is 5.02 Å². The lowest BCUT2D eigenvalue weighted by Crippen LogP contribution is -2.47. The first-order valence-electron chi connectivity index (χ1n) is 11.1. The number of benzene rings is 1. The van der Waals surface area contributed by atoms with E-state index in [2.05, 4.69) is 5.32 Å². The zero-order chi connectivity index (χ0) is 20.4. The summed E-state index contributed by atoms with van der Waals surface area (Å²) in [6.45, 7) is 0. The standard InChI is InChI=1S/C24H33ClN2O2/c1-27-11-8-18-13-22(21(25)12-19(18)15-28)29-20-6-9-24(10-7-20,14-16-2-3-16)23(26)17-4-5-17/h8,11-13,15-17,20,23,27H,2-7,9-10,14,26H2,1H3/b11-8-. The lowest BCUT2D eigenvalue weighted by atomic mass is 9.64. The number of rotatable bonds is 9. The first kappa shape index (κ1) is 20.7.